The first-order valence-electron chi connectivity index (χ1n) is 5.48. The van der Waals surface area contributed by atoms with E-state index >= 15 is 0 Å². The number of benzene rings is 1. The molecule has 18 heavy (non-hydrogen) atoms. The van der Waals surface area contributed by atoms with Crippen LogP contribution in [0.4, 0.5) is 0 Å². The second kappa shape index (κ2) is 5.47. The number of hydrogen-bond acceptors (Lipinski definition) is 3. The van der Waals surface area contributed by atoms with Crippen LogP contribution < -0.4 is 0 Å². The average molecular weight is 278 g/mol. The van der Waals surface area contributed by atoms with Gasteiger partial charge in [-0.05, 0) is 31.5 Å². The van der Waals surface area contributed by atoms with Gasteiger partial charge in [-0.2, -0.15) is 5.26 Å². The maximum absolute atomic E-state index is 8.86. The molecule has 1 unspecified atom stereocenters. The van der Waals surface area contributed by atoms with Crippen LogP contribution in [0.15, 0.2) is 35.7 Å². The number of thioether (sulfide) groups is 1. The van der Waals surface area contributed by atoms with Crippen LogP contribution in [0, 0.1) is 18.3 Å². The fraction of sp³-hybridized carbons (Fsp3) is 0.231. The predicted molar refractivity (Wildman–Crippen MR) is 74.2 cm³/mol. The van der Waals surface area contributed by atoms with Gasteiger partial charge in [-0.1, -0.05) is 29.4 Å². The molecule has 0 amide bonds. The van der Waals surface area contributed by atoms with Crippen LogP contribution in [0.5, 0.6) is 0 Å². The Labute approximate surface area is 115 Å². The largest absolute Gasteiger partial charge is 0.295 e. The predicted octanol–water partition coefficient (Wildman–Crippen LogP) is 3.84. The Morgan fingerprint density at radius 2 is 2.28 bits per heavy atom. The van der Waals surface area contributed by atoms with Gasteiger partial charge in [-0.25, -0.2) is 4.98 Å². The molecule has 0 saturated carbocycles. The number of hydrogen-bond donors (Lipinski definition) is 0. The van der Waals surface area contributed by atoms with E-state index < -0.39 is 0 Å². The maximum Gasteiger partial charge on any atom is 0.173 e. The fourth-order valence-electron chi connectivity index (χ4n) is 1.60. The lowest BCUT2D eigenvalue weighted by molar-refractivity contribution is 0.885. The molecule has 0 aliphatic carbocycles. The van der Waals surface area contributed by atoms with E-state index in [1.165, 1.54) is 11.8 Å². The van der Waals surface area contributed by atoms with Gasteiger partial charge >= 0.3 is 0 Å². The van der Waals surface area contributed by atoms with Gasteiger partial charge in [0.1, 0.15) is 0 Å². The Balaban J connectivity index is 2.43. The van der Waals surface area contributed by atoms with Gasteiger partial charge in [0.15, 0.2) is 5.16 Å². The Hall–Kier alpha value is -1.44. The van der Waals surface area contributed by atoms with Crippen LogP contribution in [0.1, 0.15) is 12.5 Å². The summed E-state index contributed by atoms with van der Waals surface area (Å²) < 4.78 is 1.96. The van der Waals surface area contributed by atoms with Crippen molar-refractivity contribution in [2.24, 2.45) is 0 Å². The van der Waals surface area contributed by atoms with Gasteiger partial charge in [0.2, 0.25) is 0 Å². The van der Waals surface area contributed by atoms with E-state index in [9.17, 15) is 0 Å². The Morgan fingerprint density at radius 3 is 3.00 bits per heavy atom. The van der Waals surface area contributed by atoms with E-state index in [4.69, 9.17) is 16.9 Å². The number of halogens is 1. The van der Waals surface area contributed by atoms with E-state index in [1.807, 2.05) is 42.8 Å². The molecule has 5 heteroatoms. The van der Waals surface area contributed by atoms with Crippen LogP contribution in [0.2, 0.25) is 5.02 Å². The third-order valence-corrected chi connectivity index (χ3v) is 3.95. The zero-order valence-electron chi connectivity index (χ0n) is 10.1. The lowest BCUT2D eigenvalue weighted by Crippen LogP contribution is -2.01. The van der Waals surface area contributed by atoms with Crippen LogP contribution in [-0.4, -0.2) is 14.8 Å². The molecule has 0 aliphatic heterocycles. The van der Waals surface area contributed by atoms with Gasteiger partial charge in [-0.15, -0.1) is 0 Å². The molecule has 0 spiro atoms. The van der Waals surface area contributed by atoms with Crippen molar-refractivity contribution in [3.05, 3.63) is 41.2 Å². The summed E-state index contributed by atoms with van der Waals surface area (Å²) in [7, 11) is 0. The van der Waals surface area contributed by atoms with Crippen molar-refractivity contribution < 1.29 is 0 Å². The van der Waals surface area contributed by atoms with E-state index in [1.54, 1.807) is 6.20 Å². The number of nitrogens with zero attached hydrogens (tertiary/aromatic N) is 3. The van der Waals surface area contributed by atoms with Crippen molar-refractivity contribution >= 4 is 23.4 Å². The van der Waals surface area contributed by atoms with Crippen molar-refractivity contribution in [1.29, 1.82) is 5.26 Å². The summed E-state index contributed by atoms with van der Waals surface area (Å²) in [4.78, 5) is 4.28. The lowest BCUT2D eigenvalue weighted by Gasteiger charge is -2.11. The topological polar surface area (TPSA) is 41.6 Å². The zero-order valence-corrected chi connectivity index (χ0v) is 11.7. The minimum Gasteiger partial charge on any atom is -0.295 e. The quantitative estimate of drug-likeness (QED) is 0.801. The minimum absolute atomic E-state index is 0.134. The SMILES string of the molecule is Cc1c(Cl)cccc1-n1ccnc1SC(C)C#N. The second-order valence-corrected chi connectivity index (χ2v) is 5.57. The second-order valence-electron chi connectivity index (χ2n) is 3.85. The molecule has 1 heterocycles. The number of aromatic nitrogens is 2. The molecule has 0 fully saturated rings. The number of nitriles is 1. The van der Waals surface area contributed by atoms with E-state index in [2.05, 4.69) is 11.1 Å². The molecule has 2 aromatic rings. The number of imidazole rings is 1. The highest BCUT2D eigenvalue weighted by Crippen LogP contribution is 2.28. The standard InChI is InChI=1S/C13H12ClN3S/c1-9(8-15)18-13-16-6-7-17(13)12-5-3-4-11(14)10(12)2/h3-7,9H,1-2H3. The van der Waals surface area contributed by atoms with Gasteiger partial charge in [-0.3, -0.25) is 4.57 Å². The molecule has 0 saturated heterocycles. The maximum atomic E-state index is 8.86. The molecule has 3 nitrogen and oxygen atoms in total. The Kier molecular flexibility index (Phi) is 3.95. The zero-order chi connectivity index (χ0) is 13.1. The fourth-order valence-corrected chi connectivity index (χ4v) is 2.53. The van der Waals surface area contributed by atoms with E-state index in [-0.39, 0.29) is 5.25 Å². The first-order valence-corrected chi connectivity index (χ1v) is 6.74. The monoisotopic (exact) mass is 277 g/mol. The van der Waals surface area contributed by atoms with Crippen molar-refractivity contribution in [2.45, 2.75) is 24.3 Å². The minimum atomic E-state index is -0.134. The van der Waals surface area contributed by atoms with E-state index in [0.29, 0.717) is 0 Å². The van der Waals surface area contributed by atoms with E-state index in [0.717, 1.165) is 21.4 Å². The summed E-state index contributed by atoms with van der Waals surface area (Å²) in [5, 5.41) is 10.3. The summed E-state index contributed by atoms with van der Waals surface area (Å²) in [6.07, 6.45) is 3.61. The van der Waals surface area contributed by atoms with Gasteiger partial charge in [0.25, 0.3) is 0 Å². The van der Waals surface area contributed by atoms with Crippen molar-refractivity contribution in [3.8, 4) is 11.8 Å². The summed E-state index contributed by atoms with van der Waals surface area (Å²) in [6.45, 7) is 3.83. The molecule has 1 atom stereocenters. The van der Waals surface area contributed by atoms with Crippen LogP contribution in [0.3, 0.4) is 0 Å². The van der Waals surface area contributed by atoms with Crippen LogP contribution >= 0.6 is 23.4 Å². The van der Waals surface area contributed by atoms with Gasteiger partial charge in [0.05, 0.1) is 17.0 Å². The summed E-state index contributed by atoms with van der Waals surface area (Å²) >= 11 is 7.56. The molecular weight excluding hydrogens is 266 g/mol. The molecule has 0 bridgehead atoms. The highest BCUT2D eigenvalue weighted by molar-refractivity contribution is 8.00. The molecule has 1 aromatic carbocycles. The molecule has 0 radical (unpaired) electrons. The molecule has 1 aromatic heterocycles. The van der Waals surface area contributed by atoms with Crippen molar-refractivity contribution in [2.75, 3.05) is 0 Å². The molecule has 2 rings (SSSR count). The third-order valence-electron chi connectivity index (χ3n) is 2.57. The van der Waals surface area contributed by atoms with Crippen molar-refractivity contribution in [3.63, 3.8) is 0 Å². The van der Waals surface area contributed by atoms with Gasteiger partial charge in [0, 0.05) is 17.4 Å². The number of rotatable bonds is 3. The Bertz CT molecular complexity index is 601. The molecular formula is C13H12ClN3S. The summed E-state index contributed by atoms with van der Waals surface area (Å²) in [6, 6.07) is 7.95. The summed E-state index contributed by atoms with van der Waals surface area (Å²) in [5.74, 6) is 0. The van der Waals surface area contributed by atoms with Crippen LogP contribution in [0.25, 0.3) is 5.69 Å². The summed E-state index contributed by atoms with van der Waals surface area (Å²) in [5.41, 5.74) is 2.00. The molecule has 0 aliphatic rings. The first-order chi connectivity index (χ1) is 8.63. The first kappa shape index (κ1) is 13.0. The third kappa shape index (κ3) is 2.53. The lowest BCUT2D eigenvalue weighted by atomic mass is 10.2. The molecule has 0 N–H and O–H groups in total. The smallest absolute Gasteiger partial charge is 0.173 e. The molecule has 92 valence electrons. The highest BCUT2D eigenvalue weighted by atomic mass is 35.5. The highest BCUT2D eigenvalue weighted by Gasteiger charge is 2.12. The Morgan fingerprint density at radius 1 is 1.50 bits per heavy atom. The normalized spacial score (nSPS) is 12.1. The van der Waals surface area contributed by atoms with Gasteiger partial charge < -0.3 is 0 Å². The van der Waals surface area contributed by atoms with Crippen molar-refractivity contribution in [1.82, 2.24) is 9.55 Å². The average Bonchev–Trinajstić information content (AvgIpc) is 2.80. The van der Waals surface area contributed by atoms with Crippen LogP contribution in [-0.2, 0) is 0 Å².